The molecule has 0 saturated carbocycles. The lowest BCUT2D eigenvalue weighted by atomic mass is 9.97. The Hall–Kier alpha value is -1.98. The lowest BCUT2D eigenvalue weighted by molar-refractivity contribution is -0.143. The number of alkyl halides is 3. The Morgan fingerprint density at radius 3 is 2.42 bits per heavy atom. The summed E-state index contributed by atoms with van der Waals surface area (Å²) in [6, 6.07) is 5.08. The Bertz CT molecular complexity index is 596. The zero-order chi connectivity index (χ0) is 17.3. The number of hydrogen-bond donors (Lipinski definition) is 0. The van der Waals surface area contributed by atoms with Crippen molar-refractivity contribution in [2.24, 2.45) is 5.16 Å². The fraction of sp³-hybridized carbons (Fsp3) is 0.438. The van der Waals surface area contributed by atoms with Crippen LogP contribution in [0.25, 0.3) is 5.57 Å². The van der Waals surface area contributed by atoms with E-state index in [-0.39, 0.29) is 49.6 Å². The van der Waals surface area contributed by atoms with E-state index < -0.39 is 17.7 Å². The second-order valence-corrected chi connectivity index (χ2v) is 4.45. The maximum atomic E-state index is 13.1. The van der Waals surface area contributed by atoms with Gasteiger partial charge in [0.2, 0.25) is 0 Å². The predicted octanol–water partition coefficient (Wildman–Crippen LogP) is 4.48. The third-order valence-corrected chi connectivity index (χ3v) is 2.82. The van der Waals surface area contributed by atoms with Crippen molar-refractivity contribution in [2.45, 2.75) is 32.9 Å². The first kappa shape index (κ1) is 22.0. The van der Waals surface area contributed by atoms with E-state index in [1.807, 2.05) is 0 Å². The number of carbonyl (C=O) groups excluding carboxylic acids is 1. The second-order valence-electron chi connectivity index (χ2n) is 4.45. The van der Waals surface area contributed by atoms with Crippen molar-refractivity contribution in [3.63, 3.8) is 0 Å². The van der Waals surface area contributed by atoms with Gasteiger partial charge in [-0.1, -0.05) is 18.2 Å². The zero-order valence-electron chi connectivity index (χ0n) is 13.4. The SMILES string of the molecule is CCON=C=C(CCC(=O)OCC)c1ccccc1C(F)(F)F.Cl. The Morgan fingerprint density at radius 1 is 1.17 bits per heavy atom. The van der Waals surface area contributed by atoms with Crippen molar-refractivity contribution in [2.75, 3.05) is 13.2 Å². The van der Waals surface area contributed by atoms with Gasteiger partial charge in [-0.15, -0.1) is 12.4 Å². The van der Waals surface area contributed by atoms with Crippen LogP contribution in [0.15, 0.2) is 29.4 Å². The van der Waals surface area contributed by atoms with Crippen LogP contribution in [0, 0.1) is 0 Å². The molecule has 134 valence electrons. The standard InChI is InChI=1S/C16H18F3NO3.ClH/c1-3-22-15(21)10-9-12(11-20-23-4-2)13-7-5-6-8-14(13)16(17,18)19;/h5-8H,3-4,9-10H2,1-2H3;1H. The molecule has 0 aliphatic heterocycles. The summed E-state index contributed by atoms with van der Waals surface area (Å²) in [7, 11) is 0. The number of allylic oxidation sites excluding steroid dienone is 1. The molecule has 0 aromatic heterocycles. The molecular weight excluding hydrogens is 347 g/mol. The van der Waals surface area contributed by atoms with Gasteiger partial charge in [0.25, 0.3) is 0 Å². The van der Waals surface area contributed by atoms with Crippen LogP contribution in [0.2, 0.25) is 0 Å². The van der Waals surface area contributed by atoms with Crippen LogP contribution in [0.1, 0.15) is 37.8 Å². The average molecular weight is 366 g/mol. The van der Waals surface area contributed by atoms with Gasteiger partial charge in [-0.2, -0.15) is 13.2 Å². The normalized spacial score (nSPS) is 10.2. The van der Waals surface area contributed by atoms with Gasteiger partial charge >= 0.3 is 12.1 Å². The number of nitrogens with zero attached hydrogens (tertiary/aromatic N) is 1. The fourth-order valence-electron chi connectivity index (χ4n) is 1.86. The highest BCUT2D eigenvalue weighted by atomic mass is 35.5. The molecule has 0 heterocycles. The molecule has 0 N–H and O–H groups in total. The number of carbonyl (C=O) groups is 1. The monoisotopic (exact) mass is 365 g/mol. The minimum absolute atomic E-state index is 0. The molecule has 0 bridgehead atoms. The number of rotatable bonds is 7. The van der Waals surface area contributed by atoms with E-state index in [4.69, 9.17) is 9.57 Å². The first-order chi connectivity index (χ1) is 10.9. The Kier molecular flexibility index (Phi) is 9.85. The highest BCUT2D eigenvalue weighted by Crippen LogP contribution is 2.35. The van der Waals surface area contributed by atoms with Crippen molar-refractivity contribution in [1.82, 2.24) is 0 Å². The summed E-state index contributed by atoms with van der Waals surface area (Å²) in [6.07, 6.45) is -4.56. The molecule has 1 aromatic carbocycles. The molecule has 0 radical (unpaired) electrons. The smallest absolute Gasteiger partial charge is 0.417 e. The molecule has 0 aliphatic rings. The third-order valence-electron chi connectivity index (χ3n) is 2.82. The van der Waals surface area contributed by atoms with E-state index >= 15 is 0 Å². The Morgan fingerprint density at radius 2 is 1.83 bits per heavy atom. The van der Waals surface area contributed by atoms with Crippen LogP contribution < -0.4 is 0 Å². The van der Waals surface area contributed by atoms with E-state index in [2.05, 4.69) is 11.0 Å². The van der Waals surface area contributed by atoms with Gasteiger partial charge in [0.1, 0.15) is 6.61 Å². The molecule has 1 aromatic rings. The molecule has 1 rings (SSSR count). The van der Waals surface area contributed by atoms with E-state index in [0.29, 0.717) is 0 Å². The number of hydrogen-bond acceptors (Lipinski definition) is 4. The van der Waals surface area contributed by atoms with Gasteiger partial charge in [-0.3, -0.25) is 4.79 Å². The minimum Gasteiger partial charge on any atom is -0.466 e. The molecule has 4 nitrogen and oxygen atoms in total. The molecule has 0 amide bonds. The summed E-state index contributed by atoms with van der Waals surface area (Å²) in [4.78, 5) is 16.2. The fourth-order valence-corrected chi connectivity index (χ4v) is 1.86. The molecule has 0 unspecified atom stereocenters. The van der Waals surface area contributed by atoms with Gasteiger partial charge in [-0.05, 0) is 37.1 Å². The van der Waals surface area contributed by atoms with Gasteiger partial charge < -0.3 is 9.57 Å². The molecule has 0 aliphatic carbocycles. The van der Waals surface area contributed by atoms with Crippen LogP contribution in [0.5, 0.6) is 0 Å². The number of ether oxygens (including phenoxy) is 1. The van der Waals surface area contributed by atoms with Crippen LogP contribution >= 0.6 is 12.4 Å². The molecule has 0 saturated heterocycles. The van der Waals surface area contributed by atoms with Crippen molar-refractivity contribution in [3.05, 3.63) is 35.4 Å². The first-order valence-corrected chi connectivity index (χ1v) is 7.16. The summed E-state index contributed by atoms with van der Waals surface area (Å²) in [5, 5.41) is 3.51. The maximum Gasteiger partial charge on any atom is 0.417 e. The molecule has 8 heteroatoms. The van der Waals surface area contributed by atoms with E-state index in [0.717, 1.165) is 6.07 Å². The minimum atomic E-state index is -4.51. The summed E-state index contributed by atoms with van der Waals surface area (Å²) < 4.78 is 44.2. The Balaban J connectivity index is 0.00000529. The topological polar surface area (TPSA) is 47.9 Å². The van der Waals surface area contributed by atoms with Crippen molar-refractivity contribution in [1.29, 1.82) is 0 Å². The van der Waals surface area contributed by atoms with Gasteiger partial charge in [0, 0.05) is 11.4 Å². The number of benzene rings is 1. The van der Waals surface area contributed by atoms with Crippen LogP contribution in [0.3, 0.4) is 0 Å². The largest absolute Gasteiger partial charge is 0.466 e. The van der Waals surface area contributed by atoms with Gasteiger partial charge in [0.05, 0.1) is 18.6 Å². The molecule has 0 atom stereocenters. The van der Waals surface area contributed by atoms with Crippen LogP contribution in [-0.4, -0.2) is 25.1 Å². The second kappa shape index (κ2) is 10.7. The zero-order valence-corrected chi connectivity index (χ0v) is 14.2. The molecule has 0 spiro atoms. The van der Waals surface area contributed by atoms with E-state index in [9.17, 15) is 18.0 Å². The highest BCUT2D eigenvalue weighted by Gasteiger charge is 2.33. The molecule has 0 fully saturated rings. The maximum absolute atomic E-state index is 13.1. The van der Waals surface area contributed by atoms with E-state index in [1.165, 1.54) is 18.2 Å². The van der Waals surface area contributed by atoms with Gasteiger partial charge in [0.15, 0.2) is 0 Å². The number of esters is 1. The van der Waals surface area contributed by atoms with Crippen molar-refractivity contribution >= 4 is 29.8 Å². The lowest BCUT2D eigenvalue weighted by Gasteiger charge is -2.13. The van der Waals surface area contributed by atoms with Crippen molar-refractivity contribution in [3.8, 4) is 0 Å². The first-order valence-electron chi connectivity index (χ1n) is 7.16. The molecule has 24 heavy (non-hydrogen) atoms. The predicted molar refractivity (Wildman–Crippen MR) is 87.0 cm³/mol. The van der Waals surface area contributed by atoms with Crippen LogP contribution in [0.4, 0.5) is 13.2 Å². The average Bonchev–Trinajstić information content (AvgIpc) is 2.50. The highest BCUT2D eigenvalue weighted by molar-refractivity contribution is 5.92. The Labute approximate surface area is 144 Å². The van der Waals surface area contributed by atoms with Crippen LogP contribution in [-0.2, 0) is 20.5 Å². The lowest BCUT2D eigenvalue weighted by Crippen LogP contribution is -2.10. The summed E-state index contributed by atoms with van der Waals surface area (Å²) >= 11 is 0. The summed E-state index contributed by atoms with van der Waals surface area (Å²) in [5.41, 5.74) is -0.745. The van der Waals surface area contributed by atoms with Gasteiger partial charge in [-0.25, -0.2) is 0 Å². The number of halogens is 4. The van der Waals surface area contributed by atoms with E-state index in [1.54, 1.807) is 13.8 Å². The molecular formula is C16H19ClF3NO3. The summed E-state index contributed by atoms with van der Waals surface area (Å²) in [5.74, 6) is 1.97. The van der Waals surface area contributed by atoms with Crippen molar-refractivity contribution < 1.29 is 27.5 Å². The third kappa shape index (κ3) is 7.06. The quantitative estimate of drug-likeness (QED) is 0.407. The summed E-state index contributed by atoms with van der Waals surface area (Å²) in [6.45, 7) is 3.82.